The quantitative estimate of drug-likeness (QED) is 0.0676. The van der Waals surface area contributed by atoms with Crippen LogP contribution in [0.25, 0.3) is 22.3 Å². The van der Waals surface area contributed by atoms with Crippen molar-refractivity contribution in [3.8, 4) is 11.5 Å². The maximum atomic E-state index is 16.9. The molecular weight excluding hydrogens is 1030 g/mol. The Hall–Kier alpha value is -8.07. The summed E-state index contributed by atoms with van der Waals surface area (Å²) in [5.41, 5.74) is 0.343. The molecule has 2 aliphatic heterocycles. The number of rotatable bonds is 19. The number of alkyl halides is 1. The second-order valence-corrected chi connectivity index (χ2v) is 20.3. The summed E-state index contributed by atoms with van der Waals surface area (Å²) in [5.74, 6) is -0.859. The van der Waals surface area contributed by atoms with E-state index in [0.29, 0.717) is 39.4 Å². The van der Waals surface area contributed by atoms with Crippen molar-refractivity contribution < 1.29 is 50.3 Å². The number of H-pyrrole nitrogens is 1. The molecule has 406 valence electrons. The van der Waals surface area contributed by atoms with E-state index in [1.165, 1.54) is 12.7 Å². The fraction of sp³-hybridized carbons (Fsp3) is 0.340. The fourth-order valence-electron chi connectivity index (χ4n) is 9.71. The van der Waals surface area contributed by atoms with E-state index < -0.39 is 94.7 Å². The highest BCUT2D eigenvalue weighted by molar-refractivity contribution is 7.84. The predicted octanol–water partition coefficient (Wildman–Crippen LogP) is 5.99. The first-order chi connectivity index (χ1) is 37.6. The Morgan fingerprint density at radius 3 is 2.05 bits per heavy atom. The van der Waals surface area contributed by atoms with Crippen LogP contribution in [-0.4, -0.2) is 116 Å². The number of methoxy groups -OCH3 is 2. The van der Waals surface area contributed by atoms with Gasteiger partial charge in [0.1, 0.15) is 41.9 Å². The number of aromatic nitrogens is 9. The molecule has 0 unspecified atom stereocenters. The highest BCUT2D eigenvalue weighted by Crippen LogP contribution is 2.48. The number of benzene rings is 4. The van der Waals surface area contributed by atoms with Crippen LogP contribution in [0.5, 0.6) is 11.5 Å². The van der Waals surface area contributed by atoms with Gasteiger partial charge in [0.2, 0.25) is 11.9 Å². The summed E-state index contributed by atoms with van der Waals surface area (Å²) in [6, 6.07) is 32.9. The molecule has 8 atom stereocenters. The molecule has 8 aromatic rings. The van der Waals surface area contributed by atoms with Crippen LogP contribution < -0.4 is 30.4 Å². The molecule has 0 bridgehead atoms. The highest BCUT2D eigenvalue weighted by Gasteiger charge is 2.52. The standard InChI is InChI=1S/C53H55FN12O11S/c1-7-37-43(39(54)51(74-37)66-46-41(63-64-66)49(69)62-52(60-46)61-47(67)29(2)3)77-78(70,71)58-26-38-42(30(4)50(75-38)65-28-57-40-44(55-27-56-45(40)65)59-48(68)31-14-10-8-11-15-31)76-53(32-16-12-9-13-17-32,33-18-22-35(72-5)23-19-33)34-20-24-36(73-6)25-21-34/h8-25,27-30,37-39,42-43,50-51,58H,7,26H2,1-6H3,(H,55,56,59,68)(H2,60,61,62,67,69)/t30-,37-,38-,39-,42+,43-,50-,51-/m1/s1. The summed E-state index contributed by atoms with van der Waals surface area (Å²) < 4.78 is 87.9. The number of ether oxygens (including phenoxy) is 5. The SMILES string of the molecule is CC[C@H]1O[C@@H](n2nnc3c(=O)[nH]c(NC(=O)C(C)C)nc32)[C@H](F)[C@@H]1OS(=O)(=O)NC[C@H]1O[C@@H](n2cnc3c(NC(=O)c4ccccc4)ncnc32)[C@H](C)[C@@H]1OC(c1ccccc1)(c1ccc(OC)cc1)c1ccc(OC)cc1. The van der Waals surface area contributed by atoms with Crippen LogP contribution in [0.2, 0.25) is 0 Å². The maximum Gasteiger partial charge on any atom is 0.336 e. The van der Waals surface area contributed by atoms with Gasteiger partial charge in [-0.3, -0.25) is 29.3 Å². The van der Waals surface area contributed by atoms with Gasteiger partial charge in [0.15, 0.2) is 40.5 Å². The second kappa shape index (κ2) is 22.1. The number of amides is 2. The Balaban J connectivity index is 0.997. The average Bonchev–Trinajstić information content (AvgIpc) is 4.35. The Kier molecular flexibility index (Phi) is 15.1. The lowest BCUT2D eigenvalue weighted by Gasteiger charge is -2.40. The van der Waals surface area contributed by atoms with Crippen molar-refractivity contribution in [3.63, 3.8) is 0 Å². The Bertz CT molecular complexity index is 3560. The molecule has 2 fully saturated rings. The first-order valence-corrected chi connectivity index (χ1v) is 26.4. The summed E-state index contributed by atoms with van der Waals surface area (Å²) in [6.45, 7) is 6.36. The molecule has 0 spiro atoms. The molecule has 6 heterocycles. The van der Waals surface area contributed by atoms with Gasteiger partial charge < -0.3 is 29.0 Å². The number of hydrogen-bond donors (Lipinski definition) is 4. The van der Waals surface area contributed by atoms with Crippen molar-refractivity contribution in [3.05, 3.63) is 154 Å². The molecule has 0 aliphatic carbocycles. The van der Waals surface area contributed by atoms with Crippen LogP contribution in [0.1, 0.15) is 73.6 Å². The van der Waals surface area contributed by atoms with Crippen LogP contribution in [0.4, 0.5) is 16.2 Å². The van der Waals surface area contributed by atoms with Crippen molar-refractivity contribution in [1.82, 2.24) is 49.2 Å². The van der Waals surface area contributed by atoms with Crippen molar-refractivity contribution in [2.45, 2.75) is 82.8 Å². The zero-order valence-corrected chi connectivity index (χ0v) is 43.8. The first kappa shape index (κ1) is 53.3. The summed E-state index contributed by atoms with van der Waals surface area (Å²) in [4.78, 5) is 59.0. The Morgan fingerprint density at radius 2 is 1.42 bits per heavy atom. The monoisotopic (exact) mass is 1090 g/mol. The topological polar surface area (TPSA) is 280 Å². The minimum absolute atomic E-state index is 0.0899. The molecule has 4 aromatic heterocycles. The van der Waals surface area contributed by atoms with Gasteiger partial charge in [-0.15, -0.1) is 5.10 Å². The van der Waals surface area contributed by atoms with E-state index >= 15 is 4.39 Å². The van der Waals surface area contributed by atoms with Gasteiger partial charge in [-0.25, -0.2) is 23.5 Å². The van der Waals surface area contributed by atoms with Crippen LogP contribution in [0.3, 0.4) is 0 Å². The fourth-order valence-corrected chi connectivity index (χ4v) is 10.7. The molecule has 0 radical (unpaired) electrons. The zero-order valence-electron chi connectivity index (χ0n) is 43.0. The van der Waals surface area contributed by atoms with Crippen LogP contribution >= 0.6 is 0 Å². The normalized spacial score (nSPS) is 21.5. The van der Waals surface area contributed by atoms with Gasteiger partial charge in [-0.2, -0.15) is 22.8 Å². The zero-order chi connectivity index (χ0) is 54.9. The van der Waals surface area contributed by atoms with Gasteiger partial charge in [0, 0.05) is 23.9 Å². The second-order valence-electron chi connectivity index (χ2n) is 18.9. The van der Waals surface area contributed by atoms with Crippen molar-refractivity contribution in [2.75, 3.05) is 31.4 Å². The molecule has 78 heavy (non-hydrogen) atoms. The molecule has 4 N–H and O–H groups in total. The molecule has 25 heteroatoms. The summed E-state index contributed by atoms with van der Waals surface area (Å²) in [6.07, 6.45) is -6.90. The van der Waals surface area contributed by atoms with Crippen molar-refractivity contribution >= 4 is 56.2 Å². The molecule has 2 amide bonds. The molecule has 23 nitrogen and oxygen atoms in total. The number of imidazole rings is 1. The molecular formula is C53H55FN12O11S. The van der Waals surface area contributed by atoms with Crippen molar-refractivity contribution in [2.24, 2.45) is 11.8 Å². The van der Waals surface area contributed by atoms with Gasteiger partial charge in [0.05, 0.1) is 32.8 Å². The van der Waals surface area contributed by atoms with E-state index in [0.717, 1.165) is 4.68 Å². The third-order valence-corrected chi connectivity index (χ3v) is 14.7. The lowest BCUT2D eigenvalue weighted by Crippen LogP contribution is -2.46. The number of halogens is 1. The van der Waals surface area contributed by atoms with Crippen LogP contribution in [-0.2, 0) is 39.1 Å². The number of nitrogens with one attached hydrogen (secondary N) is 4. The van der Waals surface area contributed by atoms with E-state index in [1.54, 1.807) is 69.9 Å². The minimum atomic E-state index is -4.88. The van der Waals surface area contributed by atoms with Crippen LogP contribution in [0.15, 0.2) is 127 Å². The lowest BCUT2D eigenvalue weighted by molar-refractivity contribution is -0.118. The minimum Gasteiger partial charge on any atom is -0.497 e. The molecule has 4 aromatic carbocycles. The van der Waals surface area contributed by atoms with Gasteiger partial charge >= 0.3 is 10.3 Å². The maximum absolute atomic E-state index is 16.9. The van der Waals surface area contributed by atoms with E-state index in [1.807, 2.05) is 85.8 Å². The molecule has 0 saturated carbocycles. The number of hydrogen-bond acceptors (Lipinski definition) is 17. The van der Waals surface area contributed by atoms with Crippen molar-refractivity contribution in [1.29, 1.82) is 0 Å². The molecule has 2 saturated heterocycles. The Morgan fingerprint density at radius 1 is 0.795 bits per heavy atom. The molecule has 10 rings (SSSR count). The lowest BCUT2D eigenvalue weighted by atomic mass is 9.79. The Labute approximate surface area is 446 Å². The summed E-state index contributed by atoms with van der Waals surface area (Å²) in [7, 11) is -1.74. The number of carbonyl (C=O) groups excluding carboxylic acids is 2. The third-order valence-electron chi connectivity index (χ3n) is 13.7. The largest absolute Gasteiger partial charge is 0.497 e. The summed E-state index contributed by atoms with van der Waals surface area (Å²) in [5, 5.41) is 13.1. The highest BCUT2D eigenvalue weighted by atomic mass is 32.2. The van der Waals surface area contributed by atoms with E-state index in [2.05, 4.69) is 50.6 Å². The predicted molar refractivity (Wildman–Crippen MR) is 280 cm³/mol. The smallest absolute Gasteiger partial charge is 0.336 e. The number of aromatic amines is 1. The number of anilines is 2. The molecule has 2 aliphatic rings. The number of nitrogens with zero attached hydrogens (tertiary/aromatic N) is 8. The van der Waals surface area contributed by atoms with Gasteiger partial charge in [-0.1, -0.05) is 106 Å². The number of fused-ring (bicyclic) bond motifs is 2. The average molecular weight is 1090 g/mol. The van der Waals surface area contributed by atoms with Gasteiger partial charge in [-0.05, 0) is 59.5 Å². The number of carbonyl (C=O) groups is 2. The van der Waals surface area contributed by atoms with Gasteiger partial charge in [0.25, 0.3) is 11.5 Å². The summed E-state index contributed by atoms with van der Waals surface area (Å²) >= 11 is 0. The van der Waals surface area contributed by atoms with Crippen LogP contribution in [0, 0.1) is 11.8 Å². The van der Waals surface area contributed by atoms with E-state index in [9.17, 15) is 22.8 Å². The van der Waals surface area contributed by atoms with E-state index in [-0.39, 0.29) is 34.9 Å². The first-order valence-electron chi connectivity index (χ1n) is 25.0. The van der Waals surface area contributed by atoms with E-state index in [4.69, 9.17) is 27.9 Å². The third kappa shape index (κ3) is 10.3.